The molecule has 2 rings (SSSR count). The summed E-state index contributed by atoms with van der Waals surface area (Å²) in [4.78, 5) is 0. The fraction of sp³-hybridized carbons (Fsp3) is 0.417. The van der Waals surface area contributed by atoms with Crippen LogP contribution in [0.2, 0.25) is 0 Å². The Kier molecular flexibility index (Phi) is 9.79. The number of allylic oxidation sites excluding steroid dienone is 2. The number of rotatable bonds is 4. The molecule has 0 fully saturated rings. The number of hydrogen-bond acceptors (Lipinski definition) is 2. The van der Waals surface area contributed by atoms with E-state index in [9.17, 15) is 0 Å². The van der Waals surface area contributed by atoms with E-state index in [0.717, 1.165) is 55.7 Å². The van der Waals surface area contributed by atoms with Crippen molar-refractivity contribution in [2.45, 2.75) is 55.4 Å². The van der Waals surface area contributed by atoms with Gasteiger partial charge in [0.15, 0.2) is 0 Å². The van der Waals surface area contributed by atoms with Gasteiger partial charge in [-0.1, -0.05) is 52.0 Å². The Labute approximate surface area is 160 Å². The lowest BCUT2D eigenvalue weighted by atomic mass is 9.87. The molecule has 0 aliphatic heterocycles. The van der Waals surface area contributed by atoms with Gasteiger partial charge in [0.05, 0.1) is 14.2 Å². The summed E-state index contributed by atoms with van der Waals surface area (Å²) in [6.07, 6.45) is 0. The van der Waals surface area contributed by atoms with E-state index in [-0.39, 0.29) is 0 Å². The maximum Gasteiger partial charge on any atom is 0.129 e. The lowest BCUT2D eigenvalue weighted by molar-refractivity contribution is 0.408. The average molecular weight is 357 g/mol. The second-order valence-corrected chi connectivity index (χ2v) is 5.84. The highest BCUT2D eigenvalue weighted by atomic mass is 16.5. The molecule has 0 atom stereocenters. The molecule has 0 saturated carbocycles. The number of fused-ring (bicyclic) bond motifs is 1. The van der Waals surface area contributed by atoms with Gasteiger partial charge in [-0.15, -0.1) is 0 Å². The highest BCUT2D eigenvalue weighted by Crippen LogP contribution is 2.42. The monoisotopic (exact) mass is 356 g/mol. The molecule has 2 aromatic carbocycles. The number of ether oxygens (including phenoxy) is 2. The van der Waals surface area contributed by atoms with E-state index in [1.165, 1.54) is 0 Å². The lowest BCUT2D eigenvalue weighted by Gasteiger charge is -2.20. The van der Waals surface area contributed by atoms with Crippen LogP contribution in [0.4, 0.5) is 0 Å². The quantitative estimate of drug-likeness (QED) is 0.561. The zero-order valence-electron chi connectivity index (χ0n) is 18.4. The van der Waals surface area contributed by atoms with Crippen LogP contribution in [0.5, 0.6) is 11.5 Å². The minimum atomic E-state index is 0.863. The molecule has 0 bridgehead atoms. The van der Waals surface area contributed by atoms with Gasteiger partial charge in [0.2, 0.25) is 0 Å². The van der Waals surface area contributed by atoms with Crippen molar-refractivity contribution in [3.05, 3.63) is 47.5 Å². The van der Waals surface area contributed by atoms with E-state index in [2.05, 4.69) is 26.1 Å². The minimum absolute atomic E-state index is 0.863. The van der Waals surface area contributed by atoms with Crippen LogP contribution < -0.4 is 9.47 Å². The molecule has 0 aliphatic carbocycles. The normalized spacial score (nSPS) is 9.46. The van der Waals surface area contributed by atoms with Crippen molar-refractivity contribution in [2.24, 2.45) is 0 Å². The van der Waals surface area contributed by atoms with Crippen molar-refractivity contribution in [1.82, 2.24) is 0 Å². The average Bonchev–Trinajstić information content (AvgIpc) is 2.63. The maximum atomic E-state index is 5.64. The van der Waals surface area contributed by atoms with Crippen LogP contribution in [0, 0.1) is 13.8 Å². The van der Waals surface area contributed by atoms with Gasteiger partial charge in [-0.25, -0.2) is 0 Å². The highest BCUT2D eigenvalue weighted by Gasteiger charge is 2.19. The van der Waals surface area contributed by atoms with Gasteiger partial charge in [-0.2, -0.15) is 0 Å². The number of methoxy groups -OCH3 is 2. The van der Waals surface area contributed by atoms with Crippen LogP contribution in [-0.4, -0.2) is 14.2 Å². The third-order valence-electron chi connectivity index (χ3n) is 4.08. The van der Waals surface area contributed by atoms with E-state index >= 15 is 0 Å². The molecule has 0 amide bonds. The molecule has 0 N–H and O–H groups in total. The number of benzene rings is 2. The fourth-order valence-electron chi connectivity index (χ4n) is 3.18. The Morgan fingerprint density at radius 3 is 1.77 bits per heavy atom. The van der Waals surface area contributed by atoms with Crippen molar-refractivity contribution < 1.29 is 9.47 Å². The van der Waals surface area contributed by atoms with Gasteiger partial charge < -0.3 is 9.47 Å². The Balaban J connectivity index is 0.00000146. The Morgan fingerprint density at radius 2 is 1.38 bits per heavy atom. The molecule has 0 aliphatic rings. The van der Waals surface area contributed by atoms with E-state index in [1.807, 2.05) is 54.5 Å². The number of aryl methyl sites for hydroxylation is 2. The van der Waals surface area contributed by atoms with E-state index < -0.39 is 0 Å². The highest BCUT2D eigenvalue weighted by molar-refractivity contribution is 6.02. The molecule has 0 saturated heterocycles. The van der Waals surface area contributed by atoms with Gasteiger partial charge in [-0.3, -0.25) is 0 Å². The van der Waals surface area contributed by atoms with E-state index in [4.69, 9.17) is 9.47 Å². The largest absolute Gasteiger partial charge is 0.496 e. The fourth-order valence-corrected chi connectivity index (χ4v) is 3.18. The molecule has 2 nitrogen and oxygen atoms in total. The predicted octanol–water partition coefficient (Wildman–Crippen LogP) is 7.59. The van der Waals surface area contributed by atoms with Gasteiger partial charge in [-0.05, 0) is 62.1 Å². The van der Waals surface area contributed by atoms with E-state index in [1.54, 1.807) is 14.2 Å². The van der Waals surface area contributed by atoms with Crippen LogP contribution in [0.1, 0.15) is 63.8 Å². The molecule has 0 heterocycles. The zero-order valence-corrected chi connectivity index (χ0v) is 18.4. The minimum Gasteiger partial charge on any atom is -0.496 e. The van der Waals surface area contributed by atoms with Crippen LogP contribution in [0.25, 0.3) is 21.9 Å². The third-order valence-corrected chi connectivity index (χ3v) is 4.08. The Morgan fingerprint density at radius 1 is 0.846 bits per heavy atom. The topological polar surface area (TPSA) is 18.5 Å². The SMILES string of the molecule is C=C(C)c1cc2c(OC)c(C)cc(OC)c2c(C)c1C(=C)C.CC.CC. The van der Waals surface area contributed by atoms with Crippen molar-refractivity contribution in [3.63, 3.8) is 0 Å². The lowest BCUT2D eigenvalue weighted by Crippen LogP contribution is -2.00. The van der Waals surface area contributed by atoms with Crippen molar-refractivity contribution in [2.75, 3.05) is 14.2 Å². The smallest absolute Gasteiger partial charge is 0.129 e. The summed E-state index contributed by atoms with van der Waals surface area (Å²) in [7, 11) is 3.41. The number of hydrogen-bond donors (Lipinski definition) is 0. The zero-order chi connectivity index (χ0) is 20.6. The molecule has 144 valence electrons. The molecule has 0 spiro atoms. The van der Waals surface area contributed by atoms with Crippen LogP contribution in [-0.2, 0) is 0 Å². The van der Waals surface area contributed by atoms with Crippen LogP contribution in [0.3, 0.4) is 0 Å². The maximum absolute atomic E-state index is 5.64. The van der Waals surface area contributed by atoms with Gasteiger partial charge in [0.1, 0.15) is 11.5 Å². The molecule has 0 unspecified atom stereocenters. The molecule has 0 aromatic heterocycles. The summed E-state index contributed by atoms with van der Waals surface area (Å²) in [5.74, 6) is 1.75. The van der Waals surface area contributed by atoms with E-state index in [0.29, 0.717) is 0 Å². The molecule has 0 radical (unpaired) electrons. The van der Waals surface area contributed by atoms with Crippen LogP contribution in [0.15, 0.2) is 25.3 Å². The molecular formula is C24H36O2. The first-order valence-corrected chi connectivity index (χ1v) is 9.34. The van der Waals surface area contributed by atoms with Gasteiger partial charge in [0.25, 0.3) is 0 Å². The first-order valence-electron chi connectivity index (χ1n) is 9.34. The molecule has 26 heavy (non-hydrogen) atoms. The summed E-state index contributed by atoms with van der Waals surface area (Å²) in [6.45, 7) is 24.4. The molecule has 2 aromatic rings. The predicted molar refractivity (Wildman–Crippen MR) is 119 cm³/mol. The first-order chi connectivity index (χ1) is 12.3. The summed E-state index contributed by atoms with van der Waals surface area (Å²) < 4.78 is 11.3. The Hall–Kier alpha value is -2.22. The summed E-state index contributed by atoms with van der Waals surface area (Å²) in [6, 6.07) is 4.17. The summed E-state index contributed by atoms with van der Waals surface area (Å²) in [5.41, 5.74) is 6.51. The first kappa shape index (κ1) is 23.8. The second kappa shape index (κ2) is 10.7. The summed E-state index contributed by atoms with van der Waals surface area (Å²) in [5, 5.41) is 2.13. The van der Waals surface area contributed by atoms with Gasteiger partial charge in [0, 0.05) is 10.8 Å². The second-order valence-electron chi connectivity index (χ2n) is 5.84. The van der Waals surface area contributed by atoms with Crippen molar-refractivity contribution >= 4 is 21.9 Å². The summed E-state index contributed by atoms with van der Waals surface area (Å²) >= 11 is 0. The Bertz CT molecular complexity index is 783. The third kappa shape index (κ3) is 4.49. The van der Waals surface area contributed by atoms with Crippen LogP contribution >= 0.6 is 0 Å². The molecule has 2 heteroatoms. The van der Waals surface area contributed by atoms with Gasteiger partial charge >= 0.3 is 0 Å². The molecular weight excluding hydrogens is 320 g/mol. The van der Waals surface area contributed by atoms with Crippen molar-refractivity contribution in [1.29, 1.82) is 0 Å². The van der Waals surface area contributed by atoms with Crippen molar-refractivity contribution in [3.8, 4) is 11.5 Å². The standard InChI is InChI=1S/C20H24O2.2C2H6/c1-11(2)15-10-16-19(14(6)18(15)12(3)4)17(21-7)9-13(5)20(16)22-8;2*1-2/h9-10H,1,3H2,2,4-8H3;2*1-2H3.